The van der Waals surface area contributed by atoms with Gasteiger partial charge in [0.2, 0.25) is 0 Å². The Hall–Kier alpha value is -3.78. The van der Waals surface area contributed by atoms with E-state index in [1.54, 1.807) is 18.0 Å². The van der Waals surface area contributed by atoms with Crippen LogP contribution in [0, 0.1) is 20.8 Å². The van der Waals surface area contributed by atoms with Crippen molar-refractivity contribution in [1.29, 1.82) is 0 Å². The van der Waals surface area contributed by atoms with Gasteiger partial charge in [0.15, 0.2) is 5.11 Å². The Morgan fingerprint density at radius 3 is 2.28 bits per heavy atom. The molecular weight excluding hydrogens is 422 g/mol. The molecule has 0 atom stereocenters. The minimum absolute atomic E-state index is 0.222. The molecule has 0 aliphatic carbocycles. The molecule has 4 aromatic rings. The molecule has 0 aliphatic rings. The number of nitrogens with zero attached hydrogens (tertiary/aromatic N) is 3. The van der Waals surface area contributed by atoms with Crippen molar-refractivity contribution < 1.29 is 9.53 Å². The fourth-order valence-electron chi connectivity index (χ4n) is 3.43. The molecule has 0 fully saturated rings. The molecule has 3 aromatic carbocycles. The first kappa shape index (κ1) is 21.5. The number of aromatic nitrogens is 3. The first-order valence-electron chi connectivity index (χ1n) is 10.1. The quantitative estimate of drug-likeness (QED) is 0.451. The number of carbonyl (C=O) groups is 1. The van der Waals surface area contributed by atoms with Gasteiger partial charge in [0.1, 0.15) is 16.8 Å². The van der Waals surface area contributed by atoms with E-state index in [9.17, 15) is 4.79 Å². The zero-order chi connectivity index (χ0) is 22.8. The van der Waals surface area contributed by atoms with Gasteiger partial charge in [-0.15, -0.1) is 10.2 Å². The van der Waals surface area contributed by atoms with Gasteiger partial charge in [0, 0.05) is 11.3 Å². The van der Waals surface area contributed by atoms with Crippen LogP contribution in [0.4, 0.5) is 5.69 Å². The number of hydrogen-bond acceptors (Lipinski definition) is 5. The highest BCUT2D eigenvalue weighted by Gasteiger charge is 2.13. The lowest BCUT2D eigenvalue weighted by Crippen LogP contribution is -2.34. The highest BCUT2D eigenvalue weighted by atomic mass is 32.1. The lowest BCUT2D eigenvalue weighted by molar-refractivity contribution is 0.0977. The molecule has 1 amide bonds. The first-order chi connectivity index (χ1) is 15.3. The number of benzene rings is 3. The molecule has 162 valence electrons. The summed E-state index contributed by atoms with van der Waals surface area (Å²) in [7, 11) is 1.63. The molecular formula is C24H23N5O2S. The summed E-state index contributed by atoms with van der Waals surface area (Å²) in [6.45, 7) is 5.84. The van der Waals surface area contributed by atoms with Gasteiger partial charge in [0.05, 0.1) is 12.8 Å². The number of ether oxygens (including phenoxy) is 1. The number of carbonyl (C=O) groups excluding carboxylic acids is 1. The summed E-state index contributed by atoms with van der Waals surface area (Å²) < 4.78 is 5.20. The molecule has 8 heteroatoms. The smallest absolute Gasteiger partial charge is 0.257 e. The van der Waals surface area contributed by atoms with E-state index < -0.39 is 0 Å². The van der Waals surface area contributed by atoms with Crippen molar-refractivity contribution in [3.8, 4) is 11.4 Å². The molecule has 4 rings (SSSR count). The summed E-state index contributed by atoms with van der Waals surface area (Å²) in [5, 5.41) is 15.2. The number of hydrogen-bond donors (Lipinski definition) is 2. The van der Waals surface area contributed by atoms with Crippen LogP contribution in [0.2, 0.25) is 0 Å². The lowest BCUT2D eigenvalue weighted by Gasteiger charge is -2.12. The second-order valence-electron chi connectivity index (χ2n) is 7.57. The minimum atomic E-state index is -0.246. The molecule has 0 aliphatic heterocycles. The van der Waals surface area contributed by atoms with E-state index in [1.165, 1.54) is 0 Å². The third-order valence-electron chi connectivity index (χ3n) is 5.13. The Balaban J connectivity index is 1.52. The van der Waals surface area contributed by atoms with Crippen LogP contribution in [0.3, 0.4) is 0 Å². The summed E-state index contributed by atoms with van der Waals surface area (Å²) in [5.74, 6) is 0.522. The third kappa shape index (κ3) is 4.45. The number of nitrogens with one attached hydrogen (secondary N) is 2. The Morgan fingerprint density at radius 2 is 1.62 bits per heavy atom. The van der Waals surface area contributed by atoms with Crippen molar-refractivity contribution >= 4 is 40.0 Å². The number of anilines is 1. The number of amides is 1. The van der Waals surface area contributed by atoms with Crippen LogP contribution in [0.5, 0.6) is 5.75 Å². The SMILES string of the molecule is COc1ccc(-n2nc3cc(C)c(NC(=S)NC(=O)c4ccc(C)cc4C)cc3n2)cc1. The highest BCUT2D eigenvalue weighted by Crippen LogP contribution is 2.23. The first-order valence-corrected chi connectivity index (χ1v) is 10.5. The largest absolute Gasteiger partial charge is 0.497 e. The fraction of sp³-hybridized carbons (Fsp3) is 0.167. The molecule has 32 heavy (non-hydrogen) atoms. The van der Waals surface area contributed by atoms with Crippen LogP contribution >= 0.6 is 12.2 Å². The van der Waals surface area contributed by atoms with E-state index in [0.717, 1.165) is 39.3 Å². The predicted octanol–water partition coefficient (Wildman–Crippen LogP) is 4.48. The van der Waals surface area contributed by atoms with Gasteiger partial charge >= 0.3 is 0 Å². The predicted molar refractivity (Wildman–Crippen MR) is 130 cm³/mol. The molecule has 1 heterocycles. The van der Waals surface area contributed by atoms with E-state index in [0.29, 0.717) is 11.1 Å². The molecule has 0 spiro atoms. The van der Waals surface area contributed by atoms with E-state index in [4.69, 9.17) is 17.0 Å². The minimum Gasteiger partial charge on any atom is -0.497 e. The molecule has 0 saturated carbocycles. The lowest BCUT2D eigenvalue weighted by atomic mass is 10.1. The Labute approximate surface area is 191 Å². The van der Waals surface area contributed by atoms with Gasteiger partial charge < -0.3 is 10.1 Å². The Bertz CT molecular complexity index is 1330. The summed E-state index contributed by atoms with van der Waals surface area (Å²) in [5.41, 5.74) is 6.57. The van der Waals surface area contributed by atoms with Crippen LogP contribution < -0.4 is 15.4 Å². The molecule has 0 radical (unpaired) electrons. The molecule has 0 bridgehead atoms. The number of methoxy groups -OCH3 is 1. The van der Waals surface area contributed by atoms with E-state index in [2.05, 4.69) is 20.8 Å². The maximum absolute atomic E-state index is 12.6. The van der Waals surface area contributed by atoms with Gasteiger partial charge in [-0.3, -0.25) is 10.1 Å². The van der Waals surface area contributed by atoms with Crippen LogP contribution in [-0.4, -0.2) is 33.1 Å². The third-order valence-corrected chi connectivity index (χ3v) is 5.34. The standard InChI is InChI=1S/C24H23N5O2S/c1-14-5-10-19(15(2)11-14)23(30)26-24(32)25-20-13-22-21(12-16(20)3)27-29(28-22)17-6-8-18(31-4)9-7-17/h5-13H,1-4H3,(H2,25,26,30,32). The van der Waals surface area contributed by atoms with Gasteiger partial charge in [-0.05, 0) is 86.6 Å². The molecule has 0 unspecified atom stereocenters. The number of fused-ring (bicyclic) bond motifs is 1. The second kappa shape index (κ2) is 8.76. The average molecular weight is 446 g/mol. The monoisotopic (exact) mass is 445 g/mol. The maximum Gasteiger partial charge on any atom is 0.257 e. The summed E-state index contributed by atoms with van der Waals surface area (Å²) in [6.07, 6.45) is 0. The van der Waals surface area contributed by atoms with Crippen molar-refractivity contribution in [3.63, 3.8) is 0 Å². The maximum atomic E-state index is 12.6. The van der Waals surface area contributed by atoms with Crippen molar-refractivity contribution in [3.05, 3.63) is 76.9 Å². The molecule has 1 aromatic heterocycles. The van der Waals surface area contributed by atoms with Crippen molar-refractivity contribution in [1.82, 2.24) is 20.3 Å². The van der Waals surface area contributed by atoms with E-state index in [1.807, 2.05) is 69.3 Å². The van der Waals surface area contributed by atoms with Crippen molar-refractivity contribution in [2.75, 3.05) is 12.4 Å². The molecule has 7 nitrogen and oxygen atoms in total. The Morgan fingerprint density at radius 1 is 0.938 bits per heavy atom. The van der Waals surface area contributed by atoms with Gasteiger partial charge in [-0.1, -0.05) is 17.7 Å². The topological polar surface area (TPSA) is 81.1 Å². The number of aryl methyl sites for hydroxylation is 3. The van der Waals surface area contributed by atoms with Crippen LogP contribution in [0.1, 0.15) is 27.0 Å². The molecule has 2 N–H and O–H groups in total. The summed E-state index contributed by atoms with van der Waals surface area (Å²) >= 11 is 5.37. The average Bonchev–Trinajstić information content (AvgIpc) is 3.16. The van der Waals surface area contributed by atoms with Crippen molar-refractivity contribution in [2.45, 2.75) is 20.8 Å². The van der Waals surface area contributed by atoms with Crippen molar-refractivity contribution in [2.24, 2.45) is 0 Å². The van der Waals surface area contributed by atoms with Crippen LogP contribution in [0.25, 0.3) is 16.7 Å². The number of rotatable bonds is 4. The fourth-order valence-corrected chi connectivity index (χ4v) is 3.63. The van der Waals surface area contributed by atoms with Gasteiger partial charge in [-0.25, -0.2) is 0 Å². The Kier molecular flexibility index (Phi) is 5.87. The summed E-state index contributed by atoms with van der Waals surface area (Å²) in [6, 6.07) is 17.0. The van der Waals surface area contributed by atoms with Gasteiger partial charge in [-0.2, -0.15) is 4.80 Å². The summed E-state index contributed by atoms with van der Waals surface area (Å²) in [4.78, 5) is 14.2. The van der Waals surface area contributed by atoms with E-state index in [-0.39, 0.29) is 11.0 Å². The second-order valence-corrected chi connectivity index (χ2v) is 7.98. The van der Waals surface area contributed by atoms with Crippen LogP contribution in [-0.2, 0) is 0 Å². The van der Waals surface area contributed by atoms with E-state index >= 15 is 0 Å². The molecule has 0 saturated heterocycles. The van der Waals surface area contributed by atoms with Crippen LogP contribution in [0.15, 0.2) is 54.6 Å². The highest BCUT2D eigenvalue weighted by molar-refractivity contribution is 7.80. The normalized spacial score (nSPS) is 10.8. The van der Waals surface area contributed by atoms with Gasteiger partial charge in [0.25, 0.3) is 5.91 Å². The number of thiocarbonyl (C=S) groups is 1. The zero-order valence-electron chi connectivity index (χ0n) is 18.3. The zero-order valence-corrected chi connectivity index (χ0v) is 19.1.